The van der Waals surface area contributed by atoms with Gasteiger partial charge in [-0.3, -0.25) is 0 Å². The van der Waals surface area contributed by atoms with Gasteiger partial charge in [0.15, 0.2) is 0 Å². The monoisotopic (exact) mass is 407 g/mol. The minimum atomic E-state index is -0.890. The molecule has 1 saturated carbocycles. The summed E-state index contributed by atoms with van der Waals surface area (Å²) < 4.78 is 44.2. The van der Waals surface area contributed by atoms with E-state index in [9.17, 15) is 13.2 Å². The summed E-state index contributed by atoms with van der Waals surface area (Å²) in [4.78, 5) is 5.83. The highest BCUT2D eigenvalue weighted by atomic mass is 19.1. The van der Waals surface area contributed by atoms with Crippen LogP contribution in [0.1, 0.15) is 25.3 Å². The molecule has 0 saturated heterocycles. The first-order valence-electron chi connectivity index (χ1n) is 9.41. The van der Waals surface area contributed by atoms with E-state index in [0.29, 0.717) is 11.3 Å². The fourth-order valence-electron chi connectivity index (χ4n) is 3.35. The van der Waals surface area contributed by atoms with Crippen LogP contribution >= 0.6 is 0 Å². The van der Waals surface area contributed by atoms with Crippen LogP contribution in [0.3, 0.4) is 0 Å². The lowest BCUT2D eigenvalue weighted by Crippen LogP contribution is -2.14. The average molecular weight is 407 g/mol. The summed E-state index contributed by atoms with van der Waals surface area (Å²) in [5, 5.41) is 7.19. The van der Waals surface area contributed by atoms with Gasteiger partial charge in [0.1, 0.15) is 17.5 Å². The van der Waals surface area contributed by atoms with E-state index in [1.807, 2.05) is 0 Å². The van der Waals surface area contributed by atoms with Crippen LogP contribution in [-0.2, 0) is 0 Å². The quantitative estimate of drug-likeness (QED) is 0.455. The molecule has 0 atom stereocenters. The molecule has 0 radical (unpaired) electrons. The summed E-state index contributed by atoms with van der Waals surface area (Å²) in [6.45, 7) is 2.07. The van der Waals surface area contributed by atoms with Crippen LogP contribution in [-0.4, -0.2) is 26.6 Å². The summed E-state index contributed by atoms with van der Waals surface area (Å²) in [5.74, 6) is 5.29. The minimum absolute atomic E-state index is 0.00204. The molecule has 150 valence electrons. The van der Waals surface area contributed by atoms with Gasteiger partial charge in [-0.05, 0) is 50.1 Å². The van der Waals surface area contributed by atoms with Crippen LogP contribution in [0.15, 0.2) is 36.4 Å². The van der Waals surface area contributed by atoms with Crippen molar-refractivity contribution in [2.24, 2.45) is 5.41 Å². The predicted molar refractivity (Wildman–Crippen MR) is 107 cm³/mol. The van der Waals surface area contributed by atoms with Gasteiger partial charge in [0, 0.05) is 23.7 Å². The zero-order valence-electron chi connectivity index (χ0n) is 16.2. The molecule has 5 rings (SSSR count). The van der Waals surface area contributed by atoms with Crippen molar-refractivity contribution in [3.05, 3.63) is 59.7 Å². The number of rotatable bonds is 2. The minimum Gasteiger partial charge on any atom is -0.329 e. The molecule has 0 bridgehead atoms. The van der Waals surface area contributed by atoms with Crippen molar-refractivity contribution in [2.75, 3.05) is 11.9 Å². The lowest BCUT2D eigenvalue weighted by atomic mass is 10.1. The van der Waals surface area contributed by atoms with Gasteiger partial charge in [-0.2, -0.15) is 9.37 Å². The van der Waals surface area contributed by atoms with E-state index < -0.39 is 17.7 Å². The van der Waals surface area contributed by atoms with Crippen molar-refractivity contribution in [2.45, 2.75) is 19.8 Å². The number of aromatic nitrogens is 4. The SMILES string of the molecule is CN(c1cc(F)cc(C#CC2(C)CC2)c1)c1nc2nnc(F)n2c2cccc(F)c12. The van der Waals surface area contributed by atoms with Gasteiger partial charge in [0.2, 0.25) is 0 Å². The highest BCUT2D eigenvalue weighted by molar-refractivity contribution is 5.93. The van der Waals surface area contributed by atoms with Crippen LogP contribution in [0.5, 0.6) is 0 Å². The number of halogens is 3. The Balaban J connectivity index is 1.68. The van der Waals surface area contributed by atoms with Gasteiger partial charge in [-0.15, -0.1) is 5.10 Å². The normalized spacial score (nSPS) is 14.6. The molecule has 5 nitrogen and oxygen atoms in total. The van der Waals surface area contributed by atoms with Crippen LogP contribution in [0, 0.1) is 35.0 Å². The topological polar surface area (TPSA) is 46.3 Å². The third-order valence-corrected chi connectivity index (χ3v) is 5.36. The summed E-state index contributed by atoms with van der Waals surface area (Å²) in [6, 6.07) is 8.66. The standard InChI is InChI=1S/C22H16F3N5/c1-22(8-9-22)7-6-13-10-14(23)12-15(11-13)29(2)19-18-16(24)4-3-5-17(18)30-20(25)27-28-21(30)26-19/h3-5,10-12H,8-9H2,1-2H3. The first-order chi connectivity index (χ1) is 14.3. The van der Waals surface area contributed by atoms with Crippen LogP contribution in [0.25, 0.3) is 16.7 Å². The Hall–Kier alpha value is -3.60. The maximum absolute atomic E-state index is 14.8. The van der Waals surface area contributed by atoms with E-state index in [2.05, 4.69) is 33.9 Å². The van der Waals surface area contributed by atoms with E-state index in [1.54, 1.807) is 19.2 Å². The van der Waals surface area contributed by atoms with Gasteiger partial charge < -0.3 is 4.90 Å². The fraction of sp³-hybridized carbons (Fsp3) is 0.227. The Labute approximate surface area is 170 Å². The van der Waals surface area contributed by atoms with E-state index in [1.165, 1.54) is 29.2 Å². The molecule has 0 N–H and O–H groups in total. The molecular formula is C22H16F3N5. The molecule has 2 heterocycles. The van der Waals surface area contributed by atoms with Crippen molar-refractivity contribution in [3.63, 3.8) is 0 Å². The van der Waals surface area contributed by atoms with E-state index in [4.69, 9.17) is 0 Å². The van der Waals surface area contributed by atoms with Crippen LogP contribution in [0.4, 0.5) is 24.7 Å². The molecule has 0 amide bonds. The maximum Gasteiger partial charge on any atom is 0.315 e. The highest BCUT2D eigenvalue weighted by Gasteiger charge is 2.35. The lowest BCUT2D eigenvalue weighted by molar-refractivity contribution is 0.531. The number of anilines is 2. The molecular weight excluding hydrogens is 391 g/mol. The summed E-state index contributed by atoms with van der Waals surface area (Å²) in [6.07, 6.45) is 1.18. The second kappa shape index (κ2) is 6.46. The molecule has 2 aromatic heterocycles. The molecule has 8 heteroatoms. The largest absolute Gasteiger partial charge is 0.329 e. The molecule has 30 heavy (non-hydrogen) atoms. The van der Waals surface area contributed by atoms with Gasteiger partial charge in [0.25, 0.3) is 5.78 Å². The first-order valence-corrected chi connectivity index (χ1v) is 9.41. The van der Waals surface area contributed by atoms with Crippen molar-refractivity contribution in [1.29, 1.82) is 0 Å². The first kappa shape index (κ1) is 18.4. The Morgan fingerprint density at radius 1 is 1.10 bits per heavy atom. The highest BCUT2D eigenvalue weighted by Crippen LogP contribution is 2.44. The van der Waals surface area contributed by atoms with Crippen LogP contribution < -0.4 is 4.90 Å². The summed E-state index contributed by atoms with van der Waals surface area (Å²) >= 11 is 0. The molecule has 1 aliphatic carbocycles. The van der Waals surface area contributed by atoms with Crippen molar-refractivity contribution >= 4 is 28.2 Å². The zero-order valence-corrected chi connectivity index (χ0v) is 16.2. The molecule has 0 unspecified atom stereocenters. The van der Waals surface area contributed by atoms with Crippen LogP contribution in [0.2, 0.25) is 0 Å². The average Bonchev–Trinajstić information content (AvgIpc) is 3.34. The lowest BCUT2D eigenvalue weighted by Gasteiger charge is -2.21. The molecule has 1 fully saturated rings. The zero-order chi connectivity index (χ0) is 21.0. The Morgan fingerprint density at radius 3 is 2.67 bits per heavy atom. The summed E-state index contributed by atoms with van der Waals surface area (Å²) in [7, 11) is 1.63. The number of nitrogens with zero attached hydrogens (tertiary/aromatic N) is 5. The number of hydrogen-bond acceptors (Lipinski definition) is 4. The third-order valence-electron chi connectivity index (χ3n) is 5.36. The molecule has 0 spiro atoms. The number of benzene rings is 2. The van der Waals surface area contributed by atoms with Gasteiger partial charge in [-0.1, -0.05) is 23.0 Å². The predicted octanol–water partition coefficient (Wildman–Crippen LogP) is 4.61. The molecule has 4 aromatic rings. The van der Waals surface area contributed by atoms with E-state index in [0.717, 1.165) is 17.2 Å². The number of fused-ring (bicyclic) bond motifs is 3. The molecule has 2 aromatic carbocycles. The maximum atomic E-state index is 14.8. The Kier molecular flexibility index (Phi) is 3.97. The Bertz CT molecular complexity index is 1380. The smallest absolute Gasteiger partial charge is 0.315 e. The van der Waals surface area contributed by atoms with Crippen molar-refractivity contribution in [1.82, 2.24) is 19.6 Å². The van der Waals surface area contributed by atoms with Gasteiger partial charge >= 0.3 is 6.08 Å². The molecule has 1 aliphatic rings. The summed E-state index contributed by atoms with van der Waals surface area (Å²) in [5.41, 5.74) is 1.18. The van der Waals surface area contributed by atoms with E-state index in [-0.39, 0.29) is 27.9 Å². The number of hydrogen-bond donors (Lipinski definition) is 0. The second-order valence-electron chi connectivity index (χ2n) is 7.74. The second-order valence-corrected chi connectivity index (χ2v) is 7.74. The van der Waals surface area contributed by atoms with E-state index >= 15 is 0 Å². The van der Waals surface area contributed by atoms with Crippen molar-refractivity contribution < 1.29 is 13.2 Å². The molecule has 0 aliphatic heterocycles. The third kappa shape index (κ3) is 3.03. The van der Waals surface area contributed by atoms with Crippen molar-refractivity contribution in [3.8, 4) is 11.8 Å². The Morgan fingerprint density at radius 2 is 1.90 bits per heavy atom. The van der Waals surface area contributed by atoms with Gasteiger partial charge in [0.05, 0.1) is 10.9 Å². The van der Waals surface area contributed by atoms with Gasteiger partial charge in [-0.25, -0.2) is 13.2 Å². The fourth-order valence-corrected chi connectivity index (χ4v) is 3.35.